The molecule has 26 heavy (non-hydrogen) atoms. The van der Waals surface area contributed by atoms with Crippen LogP contribution in [0.25, 0.3) is 17.0 Å². The summed E-state index contributed by atoms with van der Waals surface area (Å²) in [4.78, 5) is 19.7. The molecule has 6 nitrogen and oxygen atoms in total. The fourth-order valence-electron chi connectivity index (χ4n) is 2.98. The van der Waals surface area contributed by atoms with Crippen LogP contribution in [0.2, 0.25) is 0 Å². The zero-order chi connectivity index (χ0) is 18.1. The van der Waals surface area contributed by atoms with E-state index in [4.69, 9.17) is 26.7 Å². The summed E-state index contributed by atoms with van der Waals surface area (Å²) in [5, 5.41) is 3.64. The monoisotopic (exact) mass is 387 g/mol. The highest BCUT2D eigenvalue weighted by molar-refractivity contribution is 8.26. The van der Waals surface area contributed by atoms with Crippen molar-refractivity contribution in [2.75, 3.05) is 38.3 Å². The van der Waals surface area contributed by atoms with Crippen molar-refractivity contribution < 1.29 is 14.3 Å². The van der Waals surface area contributed by atoms with Crippen molar-refractivity contribution in [3.63, 3.8) is 0 Å². The number of thiocarbonyl (C=S) groups is 1. The van der Waals surface area contributed by atoms with Gasteiger partial charge >= 0.3 is 0 Å². The first kappa shape index (κ1) is 17.3. The predicted molar refractivity (Wildman–Crippen MR) is 108 cm³/mol. The van der Waals surface area contributed by atoms with Gasteiger partial charge in [-0.15, -0.1) is 0 Å². The number of hydrogen-bond acceptors (Lipinski definition) is 7. The van der Waals surface area contributed by atoms with E-state index in [0.717, 1.165) is 41.1 Å². The van der Waals surface area contributed by atoms with E-state index in [2.05, 4.69) is 16.3 Å². The molecule has 2 saturated heterocycles. The molecule has 4 rings (SSSR count). The third-order valence-corrected chi connectivity index (χ3v) is 5.44. The lowest BCUT2D eigenvalue weighted by molar-refractivity contribution is -0.115. The largest absolute Gasteiger partial charge is 0.497 e. The number of anilines is 1. The number of morpholine rings is 1. The van der Waals surface area contributed by atoms with Crippen molar-refractivity contribution in [1.29, 1.82) is 0 Å². The lowest BCUT2D eigenvalue weighted by Crippen LogP contribution is -2.37. The van der Waals surface area contributed by atoms with Gasteiger partial charge in [0.25, 0.3) is 5.91 Å². The smallest absolute Gasteiger partial charge is 0.263 e. The molecule has 0 saturated carbocycles. The van der Waals surface area contributed by atoms with Crippen LogP contribution in [0.1, 0.15) is 5.56 Å². The number of thioether (sulfide) groups is 1. The Balaban J connectivity index is 1.84. The molecule has 3 heterocycles. The van der Waals surface area contributed by atoms with Gasteiger partial charge in [0.2, 0.25) is 0 Å². The highest BCUT2D eigenvalue weighted by Gasteiger charge is 2.24. The molecular weight excluding hydrogens is 370 g/mol. The average molecular weight is 387 g/mol. The van der Waals surface area contributed by atoms with E-state index in [9.17, 15) is 4.79 Å². The average Bonchev–Trinajstić information content (AvgIpc) is 2.98. The zero-order valence-corrected chi connectivity index (χ0v) is 15.8. The number of ether oxygens (including phenoxy) is 2. The lowest BCUT2D eigenvalue weighted by atomic mass is 10.1. The van der Waals surface area contributed by atoms with Crippen molar-refractivity contribution in [2.24, 2.45) is 0 Å². The van der Waals surface area contributed by atoms with E-state index in [1.807, 2.05) is 24.3 Å². The van der Waals surface area contributed by atoms with E-state index in [1.165, 1.54) is 11.8 Å². The van der Waals surface area contributed by atoms with Gasteiger partial charge in [-0.25, -0.2) is 4.98 Å². The maximum absolute atomic E-state index is 12.1. The van der Waals surface area contributed by atoms with Gasteiger partial charge in [0.15, 0.2) is 0 Å². The van der Waals surface area contributed by atoms with Crippen LogP contribution in [0, 0.1) is 0 Å². The molecule has 1 N–H and O–H groups in total. The van der Waals surface area contributed by atoms with E-state index in [1.54, 1.807) is 7.11 Å². The highest BCUT2D eigenvalue weighted by Crippen LogP contribution is 2.32. The highest BCUT2D eigenvalue weighted by atomic mass is 32.2. The number of hydrogen-bond donors (Lipinski definition) is 1. The number of amides is 1. The second-order valence-electron chi connectivity index (χ2n) is 5.91. The number of pyridine rings is 1. The summed E-state index contributed by atoms with van der Waals surface area (Å²) < 4.78 is 11.3. The third-order valence-electron chi connectivity index (χ3n) is 4.27. The standard InChI is InChI=1S/C18H17N3O3S2/c1-23-13-3-2-11-8-12(9-15-17(22)20-18(25)26-15)16(19-14(11)10-13)21-4-6-24-7-5-21/h2-3,8-10H,4-7H2,1H3,(H,20,22,25)/b15-9-. The molecule has 0 radical (unpaired) electrons. The normalized spacial score (nSPS) is 19.3. The van der Waals surface area contributed by atoms with Gasteiger partial charge in [0.05, 0.1) is 30.7 Å². The first-order valence-corrected chi connectivity index (χ1v) is 9.43. The number of carbonyl (C=O) groups is 1. The lowest BCUT2D eigenvalue weighted by Gasteiger charge is -2.29. The number of nitrogens with one attached hydrogen (secondary N) is 1. The molecule has 1 amide bonds. The van der Waals surface area contributed by atoms with E-state index < -0.39 is 0 Å². The van der Waals surface area contributed by atoms with Crippen LogP contribution in [-0.4, -0.2) is 48.6 Å². The van der Waals surface area contributed by atoms with Crippen LogP contribution in [0.15, 0.2) is 29.2 Å². The number of rotatable bonds is 3. The van der Waals surface area contributed by atoms with Crippen molar-refractivity contribution in [2.45, 2.75) is 0 Å². The summed E-state index contributed by atoms with van der Waals surface area (Å²) in [6, 6.07) is 7.84. The van der Waals surface area contributed by atoms with Crippen molar-refractivity contribution in [1.82, 2.24) is 10.3 Å². The minimum atomic E-state index is -0.164. The molecule has 2 aromatic rings. The molecule has 0 aliphatic carbocycles. The second-order valence-corrected chi connectivity index (χ2v) is 7.63. The maximum Gasteiger partial charge on any atom is 0.263 e. The van der Waals surface area contributed by atoms with Crippen molar-refractivity contribution >= 4 is 57.0 Å². The van der Waals surface area contributed by atoms with Gasteiger partial charge in [0, 0.05) is 30.1 Å². The Hall–Kier alpha value is -2.16. The maximum atomic E-state index is 12.1. The van der Waals surface area contributed by atoms with E-state index >= 15 is 0 Å². The van der Waals surface area contributed by atoms with Crippen LogP contribution in [0.4, 0.5) is 5.82 Å². The second kappa shape index (κ2) is 7.22. The molecule has 8 heteroatoms. The molecular formula is C18H17N3O3S2. The Morgan fingerprint density at radius 2 is 2.15 bits per heavy atom. The first-order chi connectivity index (χ1) is 12.6. The van der Waals surface area contributed by atoms with Gasteiger partial charge in [0.1, 0.15) is 15.9 Å². The summed E-state index contributed by atoms with van der Waals surface area (Å²) in [7, 11) is 1.64. The van der Waals surface area contributed by atoms with Gasteiger partial charge < -0.3 is 19.7 Å². The molecule has 0 atom stereocenters. The summed E-state index contributed by atoms with van der Waals surface area (Å²) >= 11 is 6.36. The molecule has 1 aromatic heterocycles. The van der Waals surface area contributed by atoms with Gasteiger partial charge in [-0.05, 0) is 24.3 Å². The summed E-state index contributed by atoms with van der Waals surface area (Å²) in [5.41, 5.74) is 1.75. The van der Waals surface area contributed by atoms with Crippen LogP contribution >= 0.6 is 24.0 Å². The SMILES string of the molecule is COc1ccc2cc(/C=C3\SC(=S)NC3=O)c(N3CCOCC3)nc2c1. The minimum Gasteiger partial charge on any atom is -0.497 e. The van der Waals surface area contributed by atoms with Crippen LogP contribution in [0.3, 0.4) is 0 Å². The molecule has 0 bridgehead atoms. The van der Waals surface area contributed by atoms with Crippen molar-refractivity contribution in [3.05, 3.63) is 34.7 Å². The Morgan fingerprint density at radius 1 is 1.35 bits per heavy atom. The molecule has 2 fully saturated rings. The van der Waals surface area contributed by atoms with Crippen LogP contribution in [0.5, 0.6) is 5.75 Å². The van der Waals surface area contributed by atoms with Crippen LogP contribution < -0.4 is 15.0 Å². The fourth-order valence-corrected chi connectivity index (χ4v) is 4.01. The van der Waals surface area contributed by atoms with Gasteiger partial charge in [-0.3, -0.25) is 4.79 Å². The summed E-state index contributed by atoms with van der Waals surface area (Å²) in [6.07, 6.45) is 1.86. The number of methoxy groups -OCH3 is 1. The molecule has 0 unspecified atom stereocenters. The Labute approximate surface area is 160 Å². The number of benzene rings is 1. The van der Waals surface area contributed by atoms with Crippen LogP contribution in [-0.2, 0) is 9.53 Å². The fraction of sp³-hybridized carbons (Fsp3) is 0.278. The Morgan fingerprint density at radius 3 is 2.85 bits per heavy atom. The predicted octanol–water partition coefficient (Wildman–Crippen LogP) is 2.57. The quantitative estimate of drug-likeness (QED) is 0.641. The molecule has 134 valence electrons. The number of nitrogens with zero attached hydrogens (tertiary/aromatic N) is 2. The summed E-state index contributed by atoms with van der Waals surface area (Å²) in [5.74, 6) is 1.44. The van der Waals surface area contributed by atoms with Gasteiger partial charge in [-0.1, -0.05) is 24.0 Å². The minimum absolute atomic E-state index is 0.164. The molecule has 1 aromatic carbocycles. The summed E-state index contributed by atoms with van der Waals surface area (Å²) in [6.45, 7) is 2.84. The first-order valence-electron chi connectivity index (χ1n) is 8.20. The third kappa shape index (κ3) is 3.40. The molecule has 0 spiro atoms. The number of carbonyl (C=O) groups excluding carboxylic acids is 1. The van der Waals surface area contributed by atoms with E-state index in [0.29, 0.717) is 22.4 Å². The topological polar surface area (TPSA) is 63.7 Å². The van der Waals surface area contributed by atoms with E-state index in [-0.39, 0.29) is 5.91 Å². The zero-order valence-electron chi connectivity index (χ0n) is 14.2. The van der Waals surface area contributed by atoms with Gasteiger partial charge in [-0.2, -0.15) is 0 Å². The molecule has 2 aliphatic heterocycles. The van der Waals surface area contributed by atoms with Crippen molar-refractivity contribution in [3.8, 4) is 5.75 Å². The Kier molecular flexibility index (Phi) is 4.80. The number of aromatic nitrogens is 1. The Bertz CT molecular complexity index is 923. The number of fused-ring (bicyclic) bond motifs is 1. The molecule has 2 aliphatic rings.